The first-order valence-corrected chi connectivity index (χ1v) is 5.89. The lowest BCUT2D eigenvalue weighted by molar-refractivity contribution is 0.0951. The van der Waals surface area contributed by atoms with Crippen molar-refractivity contribution in [3.63, 3.8) is 0 Å². The van der Waals surface area contributed by atoms with Crippen molar-refractivity contribution in [2.45, 2.75) is 19.9 Å². The summed E-state index contributed by atoms with van der Waals surface area (Å²) < 4.78 is 10.9. The molecule has 1 aromatic rings. The van der Waals surface area contributed by atoms with Gasteiger partial charge >= 0.3 is 0 Å². The Morgan fingerprint density at radius 3 is 2.76 bits per heavy atom. The number of rotatable bonds is 4. The minimum absolute atomic E-state index is 0.0730. The van der Waals surface area contributed by atoms with Crippen LogP contribution in [0.4, 0.5) is 0 Å². The molecule has 4 nitrogen and oxygen atoms in total. The highest BCUT2D eigenvalue weighted by atomic mass is 16.6. The van der Waals surface area contributed by atoms with Gasteiger partial charge in [0.25, 0.3) is 0 Å². The van der Waals surface area contributed by atoms with E-state index in [1.807, 2.05) is 13.8 Å². The van der Waals surface area contributed by atoms with Crippen LogP contribution >= 0.6 is 0 Å². The molecular formula is C13H17NO3. The quantitative estimate of drug-likeness (QED) is 0.806. The number of fused-ring (bicyclic) bond motifs is 1. The van der Waals surface area contributed by atoms with Crippen LogP contribution in [0.25, 0.3) is 0 Å². The summed E-state index contributed by atoms with van der Waals surface area (Å²) in [7, 11) is 0. The van der Waals surface area contributed by atoms with Gasteiger partial charge < -0.3 is 14.8 Å². The number of carbonyl (C=O) groups excluding carboxylic acids is 1. The van der Waals surface area contributed by atoms with E-state index in [2.05, 4.69) is 5.32 Å². The maximum absolute atomic E-state index is 12.1. The highest BCUT2D eigenvalue weighted by Crippen LogP contribution is 2.31. The SMILES string of the molecule is CCNC(C)C(=O)c1ccc2c(c1)OCCO2. The summed E-state index contributed by atoms with van der Waals surface area (Å²) in [5.41, 5.74) is 0.655. The van der Waals surface area contributed by atoms with Gasteiger partial charge in [0.05, 0.1) is 6.04 Å². The predicted octanol–water partition coefficient (Wildman–Crippen LogP) is 1.64. The van der Waals surface area contributed by atoms with Gasteiger partial charge in [-0.25, -0.2) is 0 Å². The van der Waals surface area contributed by atoms with Gasteiger partial charge in [0.1, 0.15) is 13.2 Å². The molecule has 1 heterocycles. The summed E-state index contributed by atoms with van der Waals surface area (Å²) in [6.07, 6.45) is 0. The normalized spacial score (nSPS) is 15.4. The van der Waals surface area contributed by atoms with Crippen LogP contribution in [0.2, 0.25) is 0 Å². The number of carbonyl (C=O) groups is 1. The Balaban J connectivity index is 2.19. The third-order valence-corrected chi connectivity index (χ3v) is 2.73. The average molecular weight is 235 g/mol. The number of nitrogens with one attached hydrogen (secondary N) is 1. The van der Waals surface area contributed by atoms with Crippen molar-refractivity contribution in [1.82, 2.24) is 5.32 Å². The molecule has 92 valence electrons. The van der Waals surface area contributed by atoms with Crippen molar-refractivity contribution in [1.29, 1.82) is 0 Å². The summed E-state index contributed by atoms with van der Waals surface area (Å²) in [5, 5.41) is 3.10. The van der Waals surface area contributed by atoms with Crippen LogP contribution < -0.4 is 14.8 Å². The molecule has 4 heteroatoms. The molecule has 1 aromatic carbocycles. The second-order valence-corrected chi connectivity index (χ2v) is 4.00. The van der Waals surface area contributed by atoms with Gasteiger partial charge in [-0.15, -0.1) is 0 Å². The van der Waals surface area contributed by atoms with E-state index in [0.29, 0.717) is 30.3 Å². The Labute approximate surface area is 101 Å². The van der Waals surface area contributed by atoms with Crippen LogP contribution in [0.15, 0.2) is 18.2 Å². The largest absolute Gasteiger partial charge is 0.486 e. The second kappa shape index (κ2) is 5.19. The van der Waals surface area contributed by atoms with E-state index in [9.17, 15) is 4.79 Å². The van der Waals surface area contributed by atoms with Crippen LogP contribution in [0.1, 0.15) is 24.2 Å². The monoisotopic (exact) mass is 235 g/mol. The predicted molar refractivity (Wildman–Crippen MR) is 64.9 cm³/mol. The highest BCUT2D eigenvalue weighted by molar-refractivity contribution is 6.00. The van der Waals surface area contributed by atoms with E-state index in [-0.39, 0.29) is 11.8 Å². The molecule has 0 saturated heterocycles. The molecule has 0 aliphatic carbocycles. The first-order valence-electron chi connectivity index (χ1n) is 5.89. The number of benzene rings is 1. The van der Waals surface area contributed by atoms with Crippen molar-refractivity contribution < 1.29 is 14.3 Å². The number of likely N-dealkylation sites (N-methyl/N-ethyl adjacent to an activating group) is 1. The van der Waals surface area contributed by atoms with Crippen LogP contribution in [0.5, 0.6) is 11.5 Å². The van der Waals surface area contributed by atoms with E-state index in [4.69, 9.17) is 9.47 Å². The molecule has 2 rings (SSSR count). The zero-order valence-electron chi connectivity index (χ0n) is 10.2. The molecule has 0 fully saturated rings. The van der Waals surface area contributed by atoms with Crippen molar-refractivity contribution in [2.75, 3.05) is 19.8 Å². The molecule has 0 bridgehead atoms. The van der Waals surface area contributed by atoms with E-state index in [1.165, 1.54) is 0 Å². The fourth-order valence-electron chi connectivity index (χ4n) is 1.85. The Kier molecular flexibility index (Phi) is 3.64. The zero-order chi connectivity index (χ0) is 12.3. The molecule has 1 atom stereocenters. The summed E-state index contributed by atoms with van der Waals surface area (Å²) in [4.78, 5) is 12.1. The summed E-state index contributed by atoms with van der Waals surface area (Å²) >= 11 is 0. The lowest BCUT2D eigenvalue weighted by atomic mass is 10.0. The van der Waals surface area contributed by atoms with E-state index in [1.54, 1.807) is 18.2 Å². The maximum atomic E-state index is 12.1. The molecule has 0 amide bonds. The molecule has 1 aliphatic rings. The van der Waals surface area contributed by atoms with Crippen LogP contribution in [-0.2, 0) is 0 Å². The van der Waals surface area contributed by atoms with Gasteiger partial charge in [-0.3, -0.25) is 4.79 Å². The third kappa shape index (κ3) is 2.58. The molecule has 0 radical (unpaired) electrons. The molecule has 17 heavy (non-hydrogen) atoms. The zero-order valence-corrected chi connectivity index (χ0v) is 10.2. The first-order chi connectivity index (χ1) is 8.22. The Morgan fingerprint density at radius 2 is 2.06 bits per heavy atom. The molecular weight excluding hydrogens is 218 g/mol. The van der Waals surface area contributed by atoms with Gasteiger partial charge in [0, 0.05) is 5.56 Å². The average Bonchev–Trinajstić information content (AvgIpc) is 2.37. The number of hydrogen-bond donors (Lipinski definition) is 1. The molecule has 0 spiro atoms. The summed E-state index contributed by atoms with van der Waals surface area (Å²) in [6, 6.07) is 5.15. The number of ketones is 1. The number of ether oxygens (including phenoxy) is 2. The van der Waals surface area contributed by atoms with Crippen LogP contribution in [0.3, 0.4) is 0 Å². The van der Waals surface area contributed by atoms with Gasteiger partial charge in [0.15, 0.2) is 17.3 Å². The molecule has 1 unspecified atom stereocenters. The summed E-state index contributed by atoms with van der Waals surface area (Å²) in [6.45, 7) is 5.72. The van der Waals surface area contributed by atoms with Gasteiger partial charge in [0.2, 0.25) is 0 Å². The highest BCUT2D eigenvalue weighted by Gasteiger charge is 2.18. The third-order valence-electron chi connectivity index (χ3n) is 2.73. The lowest BCUT2D eigenvalue weighted by Crippen LogP contribution is -2.33. The Hall–Kier alpha value is -1.55. The van der Waals surface area contributed by atoms with E-state index in [0.717, 1.165) is 6.54 Å². The van der Waals surface area contributed by atoms with Gasteiger partial charge in [-0.2, -0.15) is 0 Å². The summed E-state index contributed by atoms with van der Waals surface area (Å²) in [5.74, 6) is 1.44. The molecule has 0 aromatic heterocycles. The van der Waals surface area contributed by atoms with Crippen molar-refractivity contribution >= 4 is 5.78 Å². The second-order valence-electron chi connectivity index (χ2n) is 4.00. The van der Waals surface area contributed by atoms with Crippen molar-refractivity contribution in [3.05, 3.63) is 23.8 Å². The Morgan fingerprint density at radius 1 is 1.35 bits per heavy atom. The standard InChI is InChI=1S/C13H17NO3/c1-3-14-9(2)13(15)10-4-5-11-12(8-10)17-7-6-16-11/h4-5,8-9,14H,3,6-7H2,1-2H3. The van der Waals surface area contributed by atoms with E-state index >= 15 is 0 Å². The Bertz CT molecular complexity index is 417. The minimum atomic E-state index is -0.178. The van der Waals surface area contributed by atoms with Crippen molar-refractivity contribution in [2.24, 2.45) is 0 Å². The fourth-order valence-corrected chi connectivity index (χ4v) is 1.85. The minimum Gasteiger partial charge on any atom is -0.486 e. The topological polar surface area (TPSA) is 47.6 Å². The number of Topliss-reactive ketones (excluding diaryl/α,β-unsaturated/α-hetero) is 1. The maximum Gasteiger partial charge on any atom is 0.179 e. The molecule has 0 saturated carbocycles. The van der Waals surface area contributed by atoms with Crippen molar-refractivity contribution in [3.8, 4) is 11.5 Å². The first kappa shape index (κ1) is 11.9. The molecule has 1 N–H and O–H groups in total. The van der Waals surface area contributed by atoms with E-state index < -0.39 is 0 Å². The fraction of sp³-hybridized carbons (Fsp3) is 0.462. The smallest absolute Gasteiger partial charge is 0.179 e. The van der Waals surface area contributed by atoms with Gasteiger partial charge in [-0.05, 0) is 31.7 Å². The lowest BCUT2D eigenvalue weighted by Gasteiger charge is -2.19. The molecule has 1 aliphatic heterocycles. The van der Waals surface area contributed by atoms with Crippen LogP contribution in [0, 0.1) is 0 Å². The number of hydrogen-bond acceptors (Lipinski definition) is 4. The van der Waals surface area contributed by atoms with Crippen LogP contribution in [-0.4, -0.2) is 31.6 Å². The van der Waals surface area contributed by atoms with Gasteiger partial charge in [-0.1, -0.05) is 6.92 Å².